The predicted molar refractivity (Wildman–Crippen MR) is 72.0 cm³/mol. The molecule has 1 N–H and O–H groups in total. The first-order chi connectivity index (χ1) is 9.06. The number of hydrogen-bond acceptors (Lipinski definition) is 3. The van der Waals surface area contributed by atoms with Crippen molar-refractivity contribution in [3.05, 3.63) is 29.0 Å². The molecule has 102 valence electrons. The van der Waals surface area contributed by atoms with Gasteiger partial charge >= 0.3 is 0 Å². The van der Waals surface area contributed by atoms with Gasteiger partial charge in [0.2, 0.25) is 5.91 Å². The second-order valence-corrected chi connectivity index (χ2v) is 5.11. The fourth-order valence-electron chi connectivity index (χ4n) is 2.10. The van der Waals surface area contributed by atoms with Crippen LogP contribution in [0.15, 0.2) is 18.3 Å². The molecule has 0 bridgehead atoms. The molecule has 0 saturated carbocycles. The summed E-state index contributed by atoms with van der Waals surface area (Å²) in [6, 6.07) is 3.02. The molecule has 0 radical (unpaired) electrons. The third-order valence-electron chi connectivity index (χ3n) is 3.00. The number of carbonyl (C=O) groups is 2. The molecule has 1 unspecified atom stereocenters. The van der Waals surface area contributed by atoms with Crippen LogP contribution in [0.2, 0.25) is 5.02 Å². The van der Waals surface area contributed by atoms with Gasteiger partial charge < -0.3 is 10.2 Å². The lowest BCUT2D eigenvalue weighted by Crippen LogP contribution is -2.42. The van der Waals surface area contributed by atoms with Gasteiger partial charge in [0.05, 0.1) is 0 Å². The van der Waals surface area contributed by atoms with Gasteiger partial charge in [0.15, 0.2) is 0 Å². The van der Waals surface area contributed by atoms with Gasteiger partial charge in [0, 0.05) is 36.8 Å². The van der Waals surface area contributed by atoms with Crippen molar-refractivity contribution in [2.24, 2.45) is 0 Å². The molecule has 0 aromatic carbocycles. The molecule has 2 amide bonds. The van der Waals surface area contributed by atoms with Crippen molar-refractivity contribution in [1.82, 2.24) is 15.2 Å². The van der Waals surface area contributed by atoms with Crippen LogP contribution in [0.4, 0.5) is 0 Å². The minimum atomic E-state index is -0.276. The first-order valence-corrected chi connectivity index (χ1v) is 6.64. The highest BCUT2D eigenvalue weighted by molar-refractivity contribution is 6.30. The normalized spacial score (nSPS) is 16.5. The largest absolute Gasteiger partial charge is 0.346 e. The molecule has 19 heavy (non-hydrogen) atoms. The second kappa shape index (κ2) is 6.02. The Hall–Kier alpha value is -1.62. The van der Waals surface area contributed by atoms with Crippen LogP contribution in [0.5, 0.6) is 0 Å². The van der Waals surface area contributed by atoms with E-state index >= 15 is 0 Å². The predicted octanol–water partition coefficient (Wildman–Crippen LogP) is 1.48. The summed E-state index contributed by atoms with van der Waals surface area (Å²) < 4.78 is 0. The number of likely N-dealkylation sites (tertiary alicyclic amines) is 1. The van der Waals surface area contributed by atoms with E-state index < -0.39 is 0 Å². The van der Waals surface area contributed by atoms with Crippen molar-refractivity contribution in [2.75, 3.05) is 13.1 Å². The van der Waals surface area contributed by atoms with Crippen LogP contribution in [0.25, 0.3) is 0 Å². The fraction of sp³-hybridized carbons (Fsp3) is 0.462. The third-order valence-corrected chi connectivity index (χ3v) is 3.23. The number of aromatic nitrogens is 1. The third kappa shape index (κ3) is 3.67. The van der Waals surface area contributed by atoms with E-state index in [1.165, 1.54) is 12.3 Å². The van der Waals surface area contributed by atoms with Gasteiger partial charge in [-0.15, -0.1) is 0 Å². The summed E-state index contributed by atoms with van der Waals surface area (Å²) in [5.74, 6) is -0.122. The summed E-state index contributed by atoms with van der Waals surface area (Å²) in [7, 11) is 0. The monoisotopic (exact) mass is 281 g/mol. The second-order valence-electron chi connectivity index (χ2n) is 4.68. The molecule has 1 aromatic heterocycles. The number of halogens is 1. The number of rotatable bonds is 4. The van der Waals surface area contributed by atoms with Crippen molar-refractivity contribution in [2.45, 2.75) is 25.8 Å². The number of pyridine rings is 1. The van der Waals surface area contributed by atoms with E-state index in [1.807, 2.05) is 6.92 Å². The number of hydrogen-bond donors (Lipinski definition) is 1. The molecular formula is C13H16ClN3O2. The van der Waals surface area contributed by atoms with E-state index in [0.29, 0.717) is 18.0 Å². The van der Waals surface area contributed by atoms with Crippen LogP contribution < -0.4 is 5.32 Å². The number of carbonyl (C=O) groups excluding carboxylic acids is 2. The van der Waals surface area contributed by atoms with Crippen molar-refractivity contribution in [3.8, 4) is 0 Å². The SMILES string of the molecule is CC(CN1CCCC1=O)NC(=O)c1cc(Cl)ccn1. The first kappa shape index (κ1) is 13.8. The zero-order valence-corrected chi connectivity index (χ0v) is 11.5. The van der Waals surface area contributed by atoms with E-state index in [1.54, 1.807) is 11.0 Å². The Kier molecular flexibility index (Phi) is 4.37. The number of nitrogens with one attached hydrogen (secondary N) is 1. The van der Waals surface area contributed by atoms with Crippen LogP contribution in [-0.4, -0.2) is 40.8 Å². The minimum Gasteiger partial charge on any atom is -0.346 e. The Balaban J connectivity index is 1.89. The average Bonchev–Trinajstić information content (AvgIpc) is 2.75. The zero-order valence-electron chi connectivity index (χ0n) is 10.7. The molecule has 2 rings (SSSR count). The molecule has 0 aliphatic carbocycles. The highest BCUT2D eigenvalue weighted by Crippen LogP contribution is 2.11. The van der Waals surface area contributed by atoms with Gasteiger partial charge in [-0.1, -0.05) is 11.6 Å². The van der Waals surface area contributed by atoms with Crippen LogP contribution in [0.1, 0.15) is 30.3 Å². The molecule has 6 heteroatoms. The first-order valence-electron chi connectivity index (χ1n) is 6.26. The molecule has 1 atom stereocenters. The van der Waals surface area contributed by atoms with Gasteiger partial charge in [-0.2, -0.15) is 0 Å². The summed E-state index contributed by atoms with van der Waals surface area (Å²) in [4.78, 5) is 29.2. The summed E-state index contributed by atoms with van der Waals surface area (Å²) in [6.45, 7) is 3.17. The minimum absolute atomic E-state index is 0.115. The van der Waals surface area contributed by atoms with Gasteiger partial charge in [-0.3, -0.25) is 14.6 Å². The Morgan fingerprint density at radius 3 is 3.05 bits per heavy atom. The lowest BCUT2D eigenvalue weighted by Gasteiger charge is -2.21. The Morgan fingerprint density at radius 2 is 2.42 bits per heavy atom. The molecule has 1 saturated heterocycles. The van der Waals surface area contributed by atoms with Crippen LogP contribution >= 0.6 is 11.6 Å². The molecule has 1 aliphatic rings. The summed E-state index contributed by atoms with van der Waals surface area (Å²) >= 11 is 5.81. The molecule has 1 aromatic rings. The van der Waals surface area contributed by atoms with Crippen molar-refractivity contribution < 1.29 is 9.59 Å². The van der Waals surface area contributed by atoms with E-state index in [2.05, 4.69) is 10.3 Å². The summed E-state index contributed by atoms with van der Waals surface area (Å²) in [6.07, 6.45) is 3.00. The van der Waals surface area contributed by atoms with Crippen molar-refractivity contribution in [1.29, 1.82) is 0 Å². The van der Waals surface area contributed by atoms with Gasteiger partial charge in [0.1, 0.15) is 5.69 Å². The van der Waals surface area contributed by atoms with Gasteiger partial charge in [0.25, 0.3) is 5.91 Å². The Morgan fingerprint density at radius 1 is 1.63 bits per heavy atom. The molecule has 1 aliphatic heterocycles. The average molecular weight is 282 g/mol. The Labute approximate surface area is 117 Å². The maximum absolute atomic E-state index is 11.9. The van der Waals surface area contributed by atoms with Crippen LogP contribution in [0.3, 0.4) is 0 Å². The lowest BCUT2D eigenvalue weighted by molar-refractivity contribution is -0.127. The topological polar surface area (TPSA) is 62.3 Å². The highest BCUT2D eigenvalue weighted by Gasteiger charge is 2.22. The molecule has 1 fully saturated rings. The van der Waals surface area contributed by atoms with E-state index in [4.69, 9.17) is 11.6 Å². The van der Waals surface area contributed by atoms with Crippen molar-refractivity contribution in [3.63, 3.8) is 0 Å². The fourth-order valence-corrected chi connectivity index (χ4v) is 2.26. The van der Waals surface area contributed by atoms with Gasteiger partial charge in [-0.05, 0) is 25.5 Å². The van der Waals surface area contributed by atoms with Crippen LogP contribution in [-0.2, 0) is 4.79 Å². The molecule has 2 heterocycles. The zero-order chi connectivity index (χ0) is 13.8. The van der Waals surface area contributed by atoms with E-state index in [9.17, 15) is 9.59 Å². The number of amides is 2. The lowest BCUT2D eigenvalue weighted by atomic mass is 10.2. The number of nitrogens with zero attached hydrogens (tertiary/aromatic N) is 2. The van der Waals surface area contributed by atoms with E-state index in [0.717, 1.165) is 13.0 Å². The van der Waals surface area contributed by atoms with E-state index in [-0.39, 0.29) is 23.6 Å². The Bertz CT molecular complexity index is 493. The standard InChI is InChI=1S/C13H16ClN3O2/c1-9(8-17-6-2-3-12(17)18)16-13(19)11-7-10(14)4-5-15-11/h4-5,7,9H,2-3,6,8H2,1H3,(H,16,19). The smallest absolute Gasteiger partial charge is 0.270 e. The van der Waals surface area contributed by atoms with Gasteiger partial charge in [-0.25, -0.2) is 0 Å². The van der Waals surface area contributed by atoms with Crippen LogP contribution in [0, 0.1) is 0 Å². The maximum atomic E-state index is 11.9. The van der Waals surface area contributed by atoms with Crippen molar-refractivity contribution >= 4 is 23.4 Å². The molecule has 0 spiro atoms. The maximum Gasteiger partial charge on any atom is 0.270 e. The quantitative estimate of drug-likeness (QED) is 0.909. The highest BCUT2D eigenvalue weighted by atomic mass is 35.5. The summed E-state index contributed by atoms with van der Waals surface area (Å²) in [5, 5.41) is 3.29. The molecular weight excluding hydrogens is 266 g/mol. The molecule has 5 nitrogen and oxygen atoms in total. The summed E-state index contributed by atoms with van der Waals surface area (Å²) in [5.41, 5.74) is 0.284.